The minimum Gasteiger partial charge on any atom is -0.373 e. The second-order valence-electron chi connectivity index (χ2n) is 4.64. The summed E-state index contributed by atoms with van der Waals surface area (Å²) in [5.74, 6) is 2.62. The number of rotatable bonds is 6. The van der Waals surface area contributed by atoms with Gasteiger partial charge in [0.05, 0.1) is 12.2 Å². The minimum atomic E-state index is 0.660. The fraction of sp³-hybridized carbons (Fsp3) is 0.400. The highest BCUT2D eigenvalue weighted by atomic mass is 15.1. The lowest BCUT2D eigenvalue weighted by Crippen LogP contribution is -2.10. The normalized spacial score (nSPS) is 10.3. The van der Waals surface area contributed by atoms with Crippen molar-refractivity contribution >= 4 is 11.6 Å². The largest absolute Gasteiger partial charge is 0.373 e. The van der Waals surface area contributed by atoms with Gasteiger partial charge in [0.15, 0.2) is 0 Å². The van der Waals surface area contributed by atoms with Crippen molar-refractivity contribution in [2.75, 3.05) is 17.7 Å². The summed E-state index contributed by atoms with van der Waals surface area (Å²) < 4.78 is 0. The summed E-state index contributed by atoms with van der Waals surface area (Å²) in [6.45, 7) is 4.80. The molecule has 5 heteroatoms. The van der Waals surface area contributed by atoms with Crippen molar-refractivity contribution in [3.8, 4) is 0 Å². The van der Waals surface area contributed by atoms with Crippen LogP contribution in [0.15, 0.2) is 24.4 Å². The Hall–Kier alpha value is -2.17. The summed E-state index contributed by atoms with van der Waals surface area (Å²) in [7, 11) is 1.88. The lowest BCUT2D eigenvalue weighted by Gasteiger charge is -2.13. The van der Waals surface area contributed by atoms with Crippen molar-refractivity contribution < 1.29 is 0 Å². The molecule has 2 aromatic heterocycles. The van der Waals surface area contributed by atoms with Crippen molar-refractivity contribution in [3.63, 3.8) is 0 Å². The summed E-state index contributed by atoms with van der Waals surface area (Å²) in [5, 5.41) is 6.48. The molecule has 0 aliphatic carbocycles. The SMILES string of the molecule is CCCc1nc(NC)c(C)c(NCc2ccccn2)n1. The number of hydrogen-bond acceptors (Lipinski definition) is 5. The van der Waals surface area contributed by atoms with E-state index in [4.69, 9.17) is 0 Å². The second-order valence-corrected chi connectivity index (χ2v) is 4.64. The highest BCUT2D eigenvalue weighted by Gasteiger charge is 2.09. The Morgan fingerprint density at radius 1 is 1.15 bits per heavy atom. The Morgan fingerprint density at radius 3 is 2.60 bits per heavy atom. The summed E-state index contributed by atoms with van der Waals surface area (Å²) in [6.07, 6.45) is 3.71. The Kier molecular flexibility index (Phi) is 4.87. The third kappa shape index (κ3) is 3.44. The van der Waals surface area contributed by atoms with Gasteiger partial charge in [0.1, 0.15) is 17.5 Å². The molecule has 0 unspecified atom stereocenters. The summed E-state index contributed by atoms with van der Waals surface area (Å²) in [4.78, 5) is 13.4. The molecule has 0 aromatic carbocycles. The van der Waals surface area contributed by atoms with Crippen molar-refractivity contribution in [3.05, 3.63) is 41.5 Å². The fourth-order valence-corrected chi connectivity index (χ4v) is 1.99. The molecule has 106 valence electrons. The van der Waals surface area contributed by atoms with Crippen LogP contribution in [0.5, 0.6) is 0 Å². The summed E-state index contributed by atoms with van der Waals surface area (Å²) >= 11 is 0. The molecule has 0 atom stereocenters. The highest BCUT2D eigenvalue weighted by Crippen LogP contribution is 2.20. The molecule has 0 radical (unpaired) electrons. The molecule has 0 aliphatic heterocycles. The Balaban J connectivity index is 2.19. The predicted molar refractivity (Wildman–Crippen MR) is 81.9 cm³/mol. The van der Waals surface area contributed by atoms with Gasteiger partial charge in [-0.1, -0.05) is 13.0 Å². The van der Waals surface area contributed by atoms with Crippen LogP contribution < -0.4 is 10.6 Å². The van der Waals surface area contributed by atoms with Gasteiger partial charge < -0.3 is 10.6 Å². The van der Waals surface area contributed by atoms with Gasteiger partial charge in [-0.05, 0) is 25.5 Å². The first kappa shape index (κ1) is 14.2. The maximum Gasteiger partial charge on any atom is 0.135 e. The van der Waals surface area contributed by atoms with Gasteiger partial charge in [0, 0.05) is 25.2 Å². The van der Waals surface area contributed by atoms with E-state index in [2.05, 4.69) is 32.5 Å². The van der Waals surface area contributed by atoms with E-state index in [9.17, 15) is 0 Å². The zero-order chi connectivity index (χ0) is 14.4. The molecule has 5 nitrogen and oxygen atoms in total. The van der Waals surface area contributed by atoms with Crippen LogP contribution in [-0.4, -0.2) is 22.0 Å². The van der Waals surface area contributed by atoms with Gasteiger partial charge in [-0.3, -0.25) is 4.98 Å². The number of nitrogens with one attached hydrogen (secondary N) is 2. The minimum absolute atomic E-state index is 0.660. The number of aryl methyl sites for hydroxylation is 1. The van der Waals surface area contributed by atoms with E-state index in [0.29, 0.717) is 6.54 Å². The number of nitrogens with zero attached hydrogens (tertiary/aromatic N) is 3. The van der Waals surface area contributed by atoms with Crippen LogP contribution in [0, 0.1) is 6.92 Å². The molecule has 2 rings (SSSR count). The molecule has 0 amide bonds. The van der Waals surface area contributed by atoms with Gasteiger partial charge in [-0.15, -0.1) is 0 Å². The van der Waals surface area contributed by atoms with Gasteiger partial charge in [-0.2, -0.15) is 0 Å². The lowest BCUT2D eigenvalue weighted by molar-refractivity contribution is 0.830. The molecule has 20 heavy (non-hydrogen) atoms. The smallest absolute Gasteiger partial charge is 0.135 e. The third-order valence-corrected chi connectivity index (χ3v) is 3.07. The van der Waals surface area contributed by atoms with Crippen LogP contribution in [0.4, 0.5) is 11.6 Å². The maximum absolute atomic E-state index is 4.60. The molecule has 0 aliphatic rings. The highest BCUT2D eigenvalue weighted by molar-refractivity contribution is 5.57. The quantitative estimate of drug-likeness (QED) is 0.846. The van der Waals surface area contributed by atoms with Crippen LogP contribution in [0.2, 0.25) is 0 Å². The molecule has 0 saturated heterocycles. The monoisotopic (exact) mass is 271 g/mol. The van der Waals surface area contributed by atoms with E-state index >= 15 is 0 Å². The van der Waals surface area contributed by atoms with Gasteiger partial charge in [0.25, 0.3) is 0 Å². The topological polar surface area (TPSA) is 62.7 Å². The van der Waals surface area contributed by atoms with Crippen LogP contribution >= 0.6 is 0 Å². The number of hydrogen-bond donors (Lipinski definition) is 2. The number of anilines is 2. The second kappa shape index (κ2) is 6.84. The van der Waals surface area contributed by atoms with Crippen LogP contribution in [-0.2, 0) is 13.0 Å². The predicted octanol–water partition coefficient (Wildman–Crippen LogP) is 2.79. The van der Waals surface area contributed by atoms with Crippen LogP contribution in [0.1, 0.15) is 30.4 Å². The average Bonchev–Trinajstić information content (AvgIpc) is 2.48. The average molecular weight is 271 g/mol. The van der Waals surface area contributed by atoms with Gasteiger partial charge in [-0.25, -0.2) is 9.97 Å². The molecular formula is C15H21N5. The molecule has 2 N–H and O–H groups in total. The summed E-state index contributed by atoms with van der Waals surface area (Å²) in [5.41, 5.74) is 2.02. The van der Waals surface area contributed by atoms with Gasteiger partial charge in [0.2, 0.25) is 0 Å². The number of aromatic nitrogens is 3. The van der Waals surface area contributed by atoms with Crippen molar-refractivity contribution in [1.82, 2.24) is 15.0 Å². The molecule has 0 bridgehead atoms. The molecule has 2 heterocycles. The Morgan fingerprint density at radius 2 is 1.95 bits per heavy atom. The van der Waals surface area contributed by atoms with Crippen LogP contribution in [0.25, 0.3) is 0 Å². The first-order chi connectivity index (χ1) is 9.74. The van der Waals surface area contributed by atoms with E-state index in [1.807, 2.05) is 32.2 Å². The Bertz CT molecular complexity index is 554. The fourth-order valence-electron chi connectivity index (χ4n) is 1.99. The van der Waals surface area contributed by atoms with Crippen molar-refractivity contribution in [2.45, 2.75) is 33.2 Å². The molecule has 2 aromatic rings. The Labute approximate surface area is 119 Å². The first-order valence-electron chi connectivity index (χ1n) is 6.93. The lowest BCUT2D eigenvalue weighted by atomic mass is 10.2. The van der Waals surface area contributed by atoms with E-state index < -0.39 is 0 Å². The van der Waals surface area contributed by atoms with Gasteiger partial charge >= 0.3 is 0 Å². The summed E-state index contributed by atoms with van der Waals surface area (Å²) in [6, 6.07) is 5.89. The zero-order valence-electron chi connectivity index (χ0n) is 12.3. The van der Waals surface area contributed by atoms with E-state index in [1.54, 1.807) is 6.20 Å². The first-order valence-corrected chi connectivity index (χ1v) is 6.93. The number of pyridine rings is 1. The van der Waals surface area contributed by atoms with E-state index in [1.165, 1.54) is 0 Å². The van der Waals surface area contributed by atoms with Crippen LogP contribution in [0.3, 0.4) is 0 Å². The standard InChI is InChI=1S/C15H21N5/c1-4-7-13-19-14(16-3)11(2)15(20-13)18-10-12-8-5-6-9-17-12/h5-6,8-9H,4,7,10H2,1-3H3,(H2,16,18,19,20). The molecule has 0 fully saturated rings. The maximum atomic E-state index is 4.60. The third-order valence-electron chi connectivity index (χ3n) is 3.07. The molecule has 0 saturated carbocycles. The van der Waals surface area contributed by atoms with Crippen molar-refractivity contribution in [2.24, 2.45) is 0 Å². The van der Waals surface area contributed by atoms with E-state index in [0.717, 1.165) is 41.6 Å². The molecule has 0 spiro atoms. The van der Waals surface area contributed by atoms with E-state index in [-0.39, 0.29) is 0 Å². The van der Waals surface area contributed by atoms with Crippen molar-refractivity contribution in [1.29, 1.82) is 0 Å². The zero-order valence-corrected chi connectivity index (χ0v) is 12.3. The molecular weight excluding hydrogens is 250 g/mol.